The Balaban J connectivity index is 1.53. The third-order valence-corrected chi connectivity index (χ3v) is 13.3. The number of rotatable bonds is 10. The first-order valence-corrected chi connectivity index (χ1v) is 18.0. The summed E-state index contributed by atoms with van der Waals surface area (Å²) in [6, 6.07) is 0.576. The number of fused-ring (bicyclic) bond motifs is 1. The molecule has 1 spiro atoms. The van der Waals surface area contributed by atoms with Gasteiger partial charge < -0.3 is 44.1 Å². The van der Waals surface area contributed by atoms with Gasteiger partial charge in [-0.15, -0.1) is 0 Å². The Bertz CT molecular complexity index is 1900. The van der Waals surface area contributed by atoms with E-state index in [1.165, 1.54) is 16.8 Å². The number of esters is 1. The lowest BCUT2D eigenvalue weighted by Gasteiger charge is -2.34. The van der Waals surface area contributed by atoms with Crippen LogP contribution in [0.3, 0.4) is 0 Å². The Hall–Kier alpha value is -2.87. The molecule has 3 aliphatic rings. The minimum Gasteiger partial charge on any atom is -0.427 e. The second kappa shape index (κ2) is 11.1. The van der Waals surface area contributed by atoms with Gasteiger partial charge in [-0.2, -0.15) is 0 Å². The number of nitrogens with two attached hydrogens (primary N) is 1. The van der Waals surface area contributed by atoms with Crippen molar-refractivity contribution in [1.82, 2.24) is 14.1 Å². The predicted molar refractivity (Wildman–Crippen MR) is 167 cm³/mol. The lowest BCUT2D eigenvalue weighted by atomic mass is 9.99. The molecule has 3 fully saturated rings. The van der Waals surface area contributed by atoms with E-state index in [2.05, 4.69) is 16.5 Å². The van der Waals surface area contributed by atoms with Crippen LogP contribution in [0.15, 0.2) is 47.9 Å². The number of pyridine rings is 1. The number of hydrogen-bond donors (Lipinski definition) is 5. The van der Waals surface area contributed by atoms with Gasteiger partial charge in [-0.1, -0.05) is 23.8 Å². The number of benzene rings is 1. The number of ether oxygens (including phenoxy) is 1. The van der Waals surface area contributed by atoms with E-state index in [9.17, 15) is 42.7 Å². The van der Waals surface area contributed by atoms with E-state index in [4.69, 9.17) is 22.1 Å². The van der Waals surface area contributed by atoms with Crippen LogP contribution in [0.5, 0.6) is 0 Å². The number of imidazole rings is 1. The fourth-order valence-electron chi connectivity index (χ4n) is 6.34. The first-order valence-electron chi connectivity index (χ1n) is 14.4. The van der Waals surface area contributed by atoms with Crippen LogP contribution in [-0.2, 0) is 26.8 Å². The van der Waals surface area contributed by atoms with Gasteiger partial charge in [0.15, 0.2) is 0 Å². The van der Waals surface area contributed by atoms with Crippen molar-refractivity contribution in [1.29, 1.82) is 0 Å². The molecular weight excluding hydrogens is 667 g/mol. The molecule has 6 N–H and O–H groups in total. The Labute approximate surface area is 266 Å². The van der Waals surface area contributed by atoms with Gasteiger partial charge in [-0.05, 0) is 37.8 Å². The molecular formula is C28H33ClFN5O9P2. The Morgan fingerprint density at radius 1 is 1.28 bits per heavy atom. The summed E-state index contributed by atoms with van der Waals surface area (Å²) in [7, 11) is -11.9. The fraction of sp³-hybridized carbons (Fsp3) is 0.464. The topological polar surface area (TPSA) is 210 Å². The summed E-state index contributed by atoms with van der Waals surface area (Å²) in [5.74, 6) is -1.73. The molecule has 248 valence electrons. The molecule has 1 aromatic carbocycles. The molecule has 1 saturated heterocycles. The molecule has 2 aromatic heterocycles. The van der Waals surface area contributed by atoms with Crippen molar-refractivity contribution in [2.45, 2.75) is 62.5 Å². The van der Waals surface area contributed by atoms with Gasteiger partial charge in [0.25, 0.3) is 0 Å². The van der Waals surface area contributed by atoms with Gasteiger partial charge in [0.05, 0.1) is 35.1 Å². The molecule has 0 bridgehead atoms. The first kappa shape index (κ1) is 33.0. The number of nitrogens with zero attached hydrogens (tertiary/aromatic N) is 4. The largest absolute Gasteiger partial charge is 0.427 e. The molecule has 0 amide bonds. The SMILES string of the molecule is C=C(C)Cc1cc2c(=O)c(C(=O)OC(Cn3ccnc3)(P(=O)(O)O)P(=O)(O)O)cn(C3C[C@@H]3F)c2c(Cl)c1N1C[C@@H](N)C2(CC2)C1. The van der Waals surface area contributed by atoms with Gasteiger partial charge in [-0.25, -0.2) is 14.2 Å². The van der Waals surface area contributed by atoms with Gasteiger partial charge >= 0.3 is 26.2 Å². The van der Waals surface area contributed by atoms with Crippen molar-refractivity contribution in [2.75, 3.05) is 18.0 Å². The quantitative estimate of drug-likeness (QED) is 0.117. The zero-order chi connectivity index (χ0) is 33.6. The van der Waals surface area contributed by atoms with E-state index < -0.39 is 56.0 Å². The summed E-state index contributed by atoms with van der Waals surface area (Å²) in [5, 5.41) is -3.70. The number of alkyl halides is 1. The van der Waals surface area contributed by atoms with E-state index in [0.29, 0.717) is 24.3 Å². The van der Waals surface area contributed by atoms with Crippen molar-refractivity contribution in [2.24, 2.45) is 11.1 Å². The van der Waals surface area contributed by atoms with Crippen LogP contribution >= 0.6 is 26.8 Å². The number of carbonyl (C=O) groups excluding carboxylic acids is 1. The smallest absolute Gasteiger partial charge is 0.383 e. The zero-order valence-corrected chi connectivity index (χ0v) is 27.2. The summed E-state index contributed by atoms with van der Waals surface area (Å²) >= 11 is 7.08. The molecule has 3 atom stereocenters. The van der Waals surface area contributed by atoms with Crippen molar-refractivity contribution in [3.05, 3.63) is 69.5 Å². The van der Waals surface area contributed by atoms with Crippen LogP contribution in [0, 0.1) is 5.41 Å². The molecule has 46 heavy (non-hydrogen) atoms. The first-order chi connectivity index (χ1) is 21.4. The standard InChI is InChI=1S/C28H33ClFN5O9P2/c1-15(2)7-16-8-17-24(22(29)23(16)34-11-21(31)27(12-34)3-4-27)35(20-9-19(20)30)10-18(25(17)36)26(37)44-28(45(38,39)40,46(41,42)43)13-33-6-5-32-14-33/h5-6,8,10,14,19-21H,1,3-4,7,9,11-13,31H2,2H3,(H2,38,39,40)(H2,41,42,43)/t19-,20?,21+/m0/s1. The maximum absolute atomic E-state index is 14.7. The molecule has 2 aliphatic carbocycles. The molecule has 18 heteroatoms. The van der Waals surface area contributed by atoms with E-state index in [0.717, 1.165) is 41.7 Å². The fourth-order valence-corrected chi connectivity index (χ4v) is 9.24. The van der Waals surface area contributed by atoms with Crippen molar-refractivity contribution >= 4 is 49.4 Å². The second-order valence-electron chi connectivity index (χ2n) is 12.6. The van der Waals surface area contributed by atoms with E-state index in [1.54, 1.807) is 6.92 Å². The minimum absolute atomic E-state index is 0.0267. The predicted octanol–water partition coefficient (Wildman–Crippen LogP) is 3.05. The molecule has 0 radical (unpaired) electrons. The summed E-state index contributed by atoms with van der Waals surface area (Å²) in [4.78, 5) is 74.1. The number of hydrogen-bond acceptors (Lipinski definition) is 8. The highest BCUT2D eigenvalue weighted by atomic mass is 35.5. The summed E-state index contributed by atoms with van der Waals surface area (Å²) in [6.45, 7) is 5.72. The van der Waals surface area contributed by atoms with Crippen molar-refractivity contribution in [3.8, 4) is 0 Å². The molecule has 14 nitrogen and oxygen atoms in total. The highest BCUT2D eigenvalue weighted by Crippen LogP contribution is 2.70. The van der Waals surface area contributed by atoms with Gasteiger partial charge in [0.2, 0.25) is 5.43 Å². The number of aromatic nitrogens is 3. The summed E-state index contributed by atoms with van der Waals surface area (Å²) in [5.41, 5.74) is 6.70. The highest BCUT2D eigenvalue weighted by Gasteiger charge is 2.65. The van der Waals surface area contributed by atoms with Gasteiger partial charge in [-0.3, -0.25) is 13.9 Å². The van der Waals surface area contributed by atoms with Gasteiger partial charge in [0, 0.05) is 54.9 Å². The number of halogens is 2. The lowest BCUT2D eigenvalue weighted by molar-refractivity contribution is 0.0191. The van der Waals surface area contributed by atoms with E-state index in [1.807, 2.05) is 0 Å². The molecule has 1 unspecified atom stereocenters. The van der Waals surface area contributed by atoms with Crippen LogP contribution in [0.2, 0.25) is 5.02 Å². The molecule has 1 aliphatic heterocycles. The lowest BCUT2D eigenvalue weighted by Crippen LogP contribution is -2.40. The van der Waals surface area contributed by atoms with Crippen molar-refractivity contribution in [3.63, 3.8) is 0 Å². The number of allylic oxidation sites excluding steroid dienone is 1. The van der Waals surface area contributed by atoms with Gasteiger partial charge in [0.1, 0.15) is 11.7 Å². The van der Waals surface area contributed by atoms with Crippen LogP contribution in [0.1, 0.15) is 48.1 Å². The Morgan fingerprint density at radius 2 is 1.93 bits per heavy atom. The molecule has 2 saturated carbocycles. The maximum Gasteiger partial charge on any atom is 0.383 e. The number of anilines is 1. The second-order valence-corrected chi connectivity index (χ2v) is 17.0. The van der Waals surface area contributed by atoms with E-state index >= 15 is 0 Å². The average molecular weight is 700 g/mol. The van der Waals surface area contributed by atoms with E-state index in [-0.39, 0.29) is 40.2 Å². The third-order valence-electron chi connectivity index (χ3n) is 9.09. The Kier molecular flexibility index (Phi) is 7.97. The van der Waals surface area contributed by atoms with Crippen molar-refractivity contribution < 1.29 is 42.6 Å². The minimum atomic E-state index is -5.97. The summed E-state index contributed by atoms with van der Waals surface area (Å²) < 4.78 is 47.2. The maximum atomic E-state index is 14.7. The molecule has 3 aromatic rings. The zero-order valence-electron chi connectivity index (χ0n) is 24.6. The number of carbonyl (C=O) groups is 1. The van der Waals surface area contributed by atoms with Crippen LogP contribution in [-0.4, -0.2) is 70.0 Å². The molecule has 6 rings (SSSR count). The van der Waals surface area contributed by atoms with Crippen LogP contribution < -0.4 is 16.1 Å². The average Bonchev–Trinajstić information content (AvgIpc) is 3.77. The molecule has 3 heterocycles. The highest BCUT2D eigenvalue weighted by molar-refractivity contribution is 7.72. The monoisotopic (exact) mass is 699 g/mol. The normalized spacial score (nSPS) is 22.4. The third kappa shape index (κ3) is 5.46. The summed E-state index contributed by atoms with van der Waals surface area (Å²) in [6.07, 6.45) is 5.19. The van der Waals surface area contributed by atoms with Crippen LogP contribution in [0.4, 0.5) is 10.1 Å². The van der Waals surface area contributed by atoms with Crippen LogP contribution in [0.25, 0.3) is 10.9 Å². The Morgan fingerprint density at radius 3 is 2.43 bits per heavy atom.